The van der Waals surface area contributed by atoms with E-state index in [0.29, 0.717) is 23.2 Å². The third-order valence-corrected chi connectivity index (χ3v) is 5.21. The largest absolute Gasteiger partial charge is 0.329 e. The van der Waals surface area contributed by atoms with Crippen LogP contribution in [0.4, 0.5) is 5.69 Å². The summed E-state index contributed by atoms with van der Waals surface area (Å²) in [6.45, 7) is 2.62. The Labute approximate surface area is 133 Å². The highest BCUT2D eigenvalue weighted by Gasteiger charge is 2.39. The number of amides is 1. The van der Waals surface area contributed by atoms with Crippen LogP contribution in [-0.2, 0) is 4.79 Å². The lowest BCUT2D eigenvalue weighted by Gasteiger charge is -2.37. The Kier molecular flexibility index (Phi) is 5.10. The average molecular weight is 360 g/mol. The van der Waals surface area contributed by atoms with Gasteiger partial charge in [-0.25, -0.2) is 0 Å². The van der Waals surface area contributed by atoms with Crippen LogP contribution in [0.3, 0.4) is 0 Å². The zero-order chi connectivity index (χ0) is 14.8. The van der Waals surface area contributed by atoms with Crippen molar-refractivity contribution in [1.82, 2.24) is 0 Å². The molecule has 2 rings (SSSR count). The van der Waals surface area contributed by atoms with Gasteiger partial charge in [-0.1, -0.05) is 18.5 Å². The average Bonchev–Trinajstić information content (AvgIpc) is 2.44. The van der Waals surface area contributed by atoms with E-state index < -0.39 is 5.41 Å². The van der Waals surface area contributed by atoms with Gasteiger partial charge in [0.25, 0.3) is 0 Å². The second kappa shape index (κ2) is 6.46. The summed E-state index contributed by atoms with van der Waals surface area (Å²) < 4.78 is 0.826. The zero-order valence-electron chi connectivity index (χ0n) is 11.6. The number of hydrogen-bond acceptors (Lipinski definition) is 2. The van der Waals surface area contributed by atoms with Gasteiger partial charge >= 0.3 is 0 Å². The number of nitrogens with one attached hydrogen (secondary N) is 1. The first-order chi connectivity index (χ1) is 9.47. The van der Waals surface area contributed by atoms with Crippen LogP contribution in [0.25, 0.3) is 0 Å². The lowest BCUT2D eigenvalue weighted by Crippen LogP contribution is -2.44. The summed E-state index contributed by atoms with van der Waals surface area (Å²) in [4.78, 5) is 12.6. The van der Waals surface area contributed by atoms with Gasteiger partial charge in [-0.05, 0) is 65.7 Å². The fourth-order valence-corrected chi connectivity index (χ4v) is 3.20. The van der Waals surface area contributed by atoms with Gasteiger partial charge in [0.15, 0.2) is 0 Å². The predicted molar refractivity (Wildman–Crippen MR) is 86.9 cm³/mol. The SMILES string of the molecule is CC1CCC(CN)(C(=O)Nc2cc(Cl)ccc2Br)CC1. The van der Waals surface area contributed by atoms with Gasteiger partial charge in [0, 0.05) is 16.0 Å². The van der Waals surface area contributed by atoms with Crippen molar-refractivity contribution >= 4 is 39.1 Å². The minimum atomic E-state index is -0.436. The maximum Gasteiger partial charge on any atom is 0.231 e. The predicted octanol–water partition coefficient (Wildman–Crippen LogP) is 4.20. The minimum Gasteiger partial charge on any atom is -0.329 e. The molecule has 5 heteroatoms. The molecule has 0 heterocycles. The molecule has 0 aromatic heterocycles. The summed E-state index contributed by atoms with van der Waals surface area (Å²) in [5.41, 5.74) is 6.17. The van der Waals surface area contributed by atoms with Crippen LogP contribution in [-0.4, -0.2) is 12.5 Å². The lowest BCUT2D eigenvalue weighted by molar-refractivity contribution is -0.127. The summed E-state index contributed by atoms with van der Waals surface area (Å²) >= 11 is 9.40. The van der Waals surface area contributed by atoms with Crippen molar-refractivity contribution < 1.29 is 4.79 Å². The highest BCUT2D eigenvalue weighted by Crippen LogP contribution is 2.39. The van der Waals surface area contributed by atoms with Crippen LogP contribution in [0, 0.1) is 11.3 Å². The third-order valence-electron chi connectivity index (χ3n) is 4.28. The third kappa shape index (κ3) is 3.35. The van der Waals surface area contributed by atoms with E-state index in [9.17, 15) is 4.79 Å². The van der Waals surface area contributed by atoms with Crippen molar-refractivity contribution in [2.45, 2.75) is 32.6 Å². The highest BCUT2D eigenvalue weighted by atomic mass is 79.9. The number of rotatable bonds is 3. The maximum absolute atomic E-state index is 12.6. The van der Waals surface area contributed by atoms with E-state index >= 15 is 0 Å². The van der Waals surface area contributed by atoms with Crippen LogP contribution < -0.4 is 11.1 Å². The summed E-state index contributed by atoms with van der Waals surface area (Å²) in [6, 6.07) is 5.36. The van der Waals surface area contributed by atoms with Crippen LogP contribution >= 0.6 is 27.5 Å². The Morgan fingerprint density at radius 3 is 2.75 bits per heavy atom. The molecule has 1 aromatic carbocycles. The second-order valence-corrected chi connectivity index (χ2v) is 7.04. The molecule has 3 N–H and O–H groups in total. The quantitative estimate of drug-likeness (QED) is 0.850. The summed E-state index contributed by atoms with van der Waals surface area (Å²) in [7, 11) is 0. The Balaban J connectivity index is 2.15. The molecule has 1 aliphatic carbocycles. The molecule has 3 nitrogen and oxygen atoms in total. The molecule has 0 radical (unpaired) electrons. The topological polar surface area (TPSA) is 55.1 Å². The van der Waals surface area contributed by atoms with Crippen LogP contribution in [0.15, 0.2) is 22.7 Å². The summed E-state index contributed by atoms with van der Waals surface area (Å²) in [6.07, 6.45) is 3.83. The maximum atomic E-state index is 12.6. The Bertz CT molecular complexity index is 499. The molecule has 0 bridgehead atoms. The molecule has 1 aliphatic rings. The molecule has 1 aromatic rings. The second-order valence-electron chi connectivity index (χ2n) is 5.75. The van der Waals surface area contributed by atoms with E-state index in [1.807, 2.05) is 6.07 Å². The smallest absolute Gasteiger partial charge is 0.231 e. The molecule has 0 unspecified atom stereocenters. The number of anilines is 1. The molecule has 20 heavy (non-hydrogen) atoms. The Morgan fingerprint density at radius 1 is 1.50 bits per heavy atom. The van der Waals surface area contributed by atoms with E-state index in [2.05, 4.69) is 28.2 Å². The normalized spacial score (nSPS) is 26.3. The number of benzene rings is 1. The molecule has 1 amide bonds. The van der Waals surface area contributed by atoms with E-state index in [1.54, 1.807) is 12.1 Å². The molecule has 1 saturated carbocycles. The van der Waals surface area contributed by atoms with Crippen molar-refractivity contribution in [2.75, 3.05) is 11.9 Å². The van der Waals surface area contributed by atoms with Crippen molar-refractivity contribution in [3.05, 3.63) is 27.7 Å². The van der Waals surface area contributed by atoms with Crippen molar-refractivity contribution in [2.24, 2.45) is 17.1 Å². The first kappa shape index (κ1) is 15.8. The van der Waals surface area contributed by atoms with Crippen molar-refractivity contribution in [3.63, 3.8) is 0 Å². The van der Waals surface area contributed by atoms with Gasteiger partial charge in [0.2, 0.25) is 5.91 Å². The molecular formula is C15H20BrClN2O. The van der Waals surface area contributed by atoms with E-state index in [4.69, 9.17) is 17.3 Å². The monoisotopic (exact) mass is 358 g/mol. The van der Waals surface area contributed by atoms with Crippen molar-refractivity contribution in [1.29, 1.82) is 0 Å². The number of carbonyl (C=O) groups excluding carboxylic acids is 1. The van der Waals surface area contributed by atoms with E-state index in [1.165, 1.54) is 0 Å². The van der Waals surface area contributed by atoms with Gasteiger partial charge in [-0.15, -0.1) is 0 Å². The molecule has 0 aliphatic heterocycles. The van der Waals surface area contributed by atoms with Crippen molar-refractivity contribution in [3.8, 4) is 0 Å². The van der Waals surface area contributed by atoms with Gasteiger partial charge in [0.05, 0.1) is 11.1 Å². The first-order valence-corrected chi connectivity index (χ1v) is 8.10. The molecule has 0 atom stereocenters. The minimum absolute atomic E-state index is 0.00914. The number of nitrogens with two attached hydrogens (primary N) is 1. The summed E-state index contributed by atoms with van der Waals surface area (Å²) in [5, 5.41) is 3.58. The number of hydrogen-bond donors (Lipinski definition) is 2. The molecule has 0 saturated heterocycles. The lowest BCUT2D eigenvalue weighted by atomic mass is 9.70. The van der Waals surface area contributed by atoms with Gasteiger partial charge in [-0.3, -0.25) is 4.79 Å². The zero-order valence-corrected chi connectivity index (χ0v) is 13.9. The molecule has 1 fully saturated rings. The van der Waals surface area contributed by atoms with Gasteiger partial charge in [0.1, 0.15) is 0 Å². The molecule has 110 valence electrons. The van der Waals surface area contributed by atoms with Gasteiger partial charge in [-0.2, -0.15) is 0 Å². The van der Waals surface area contributed by atoms with Gasteiger partial charge < -0.3 is 11.1 Å². The number of halogens is 2. The summed E-state index contributed by atoms with van der Waals surface area (Å²) in [5.74, 6) is 0.690. The van der Waals surface area contributed by atoms with Crippen LogP contribution in [0.5, 0.6) is 0 Å². The first-order valence-electron chi connectivity index (χ1n) is 6.93. The van der Waals surface area contributed by atoms with Crippen LogP contribution in [0.1, 0.15) is 32.6 Å². The Hall–Kier alpha value is -0.580. The number of carbonyl (C=O) groups is 1. The van der Waals surface area contributed by atoms with Crippen LogP contribution in [0.2, 0.25) is 5.02 Å². The fourth-order valence-electron chi connectivity index (χ4n) is 2.69. The van der Waals surface area contributed by atoms with E-state index in [0.717, 1.165) is 30.2 Å². The fraction of sp³-hybridized carbons (Fsp3) is 0.533. The molecular weight excluding hydrogens is 340 g/mol. The Morgan fingerprint density at radius 2 is 2.15 bits per heavy atom. The molecule has 0 spiro atoms. The standard InChI is InChI=1S/C15H20BrClN2O/c1-10-4-6-15(9-18,7-5-10)14(20)19-13-8-11(17)2-3-12(13)16/h2-3,8,10H,4-7,9,18H2,1H3,(H,19,20). The highest BCUT2D eigenvalue weighted by molar-refractivity contribution is 9.10. The van der Waals surface area contributed by atoms with E-state index in [-0.39, 0.29) is 5.91 Å².